The molecule has 1 aromatic heterocycles. The molecule has 0 unspecified atom stereocenters. The largest absolute Gasteiger partial charge is 0.491 e. The summed E-state index contributed by atoms with van der Waals surface area (Å²) in [5.74, 6) is 0.648. The maximum Gasteiger partial charge on any atom is 0.262 e. The van der Waals surface area contributed by atoms with E-state index in [1.807, 2.05) is 51.2 Å². The van der Waals surface area contributed by atoms with Gasteiger partial charge < -0.3 is 19.8 Å². The van der Waals surface area contributed by atoms with Crippen molar-refractivity contribution in [2.24, 2.45) is 5.41 Å². The van der Waals surface area contributed by atoms with Gasteiger partial charge in [0.2, 0.25) is 0 Å². The van der Waals surface area contributed by atoms with Crippen LogP contribution in [0, 0.1) is 5.41 Å². The van der Waals surface area contributed by atoms with Crippen molar-refractivity contribution in [3.05, 3.63) is 65.1 Å². The monoisotopic (exact) mass is 505 g/mol. The van der Waals surface area contributed by atoms with E-state index in [0.29, 0.717) is 23.0 Å². The molecule has 2 N–H and O–H groups in total. The van der Waals surface area contributed by atoms with E-state index in [0.717, 1.165) is 43.8 Å². The van der Waals surface area contributed by atoms with Crippen LogP contribution in [0.3, 0.4) is 0 Å². The molecule has 0 aliphatic carbocycles. The molecule has 2 fully saturated rings. The maximum absolute atomic E-state index is 13.2. The number of nitrogens with zero attached hydrogens (tertiary/aromatic N) is 3. The predicted molar refractivity (Wildman–Crippen MR) is 148 cm³/mol. The molecule has 2 aromatic carbocycles. The quantitative estimate of drug-likeness (QED) is 0.485. The number of likely N-dealkylation sites (tertiary alicyclic amines) is 1. The van der Waals surface area contributed by atoms with Crippen LogP contribution >= 0.6 is 0 Å². The van der Waals surface area contributed by atoms with Crippen molar-refractivity contribution in [1.82, 2.24) is 9.47 Å². The van der Waals surface area contributed by atoms with Crippen molar-refractivity contribution >= 4 is 16.5 Å². The molecule has 2 atom stereocenters. The van der Waals surface area contributed by atoms with Crippen molar-refractivity contribution in [3.63, 3.8) is 0 Å². The van der Waals surface area contributed by atoms with Gasteiger partial charge in [0.05, 0.1) is 11.7 Å². The molecule has 3 heterocycles. The number of anilines is 1. The number of aliphatic hydroxyl groups is 2. The Morgan fingerprint density at radius 2 is 1.76 bits per heavy atom. The van der Waals surface area contributed by atoms with Gasteiger partial charge >= 0.3 is 0 Å². The molecule has 0 saturated carbocycles. The van der Waals surface area contributed by atoms with E-state index >= 15 is 0 Å². The second-order valence-electron chi connectivity index (χ2n) is 11.6. The number of pyridine rings is 1. The van der Waals surface area contributed by atoms with Gasteiger partial charge in [0.15, 0.2) is 0 Å². The summed E-state index contributed by atoms with van der Waals surface area (Å²) >= 11 is 0. The maximum atomic E-state index is 13.2. The number of hydrogen-bond acceptors (Lipinski definition) is 6. The number of aromatic nitrogens is 1. The van der Waals surface area contributed by atoms with Crippen LogP contribution in [0.4, 0.5) is 5.69 Å². The molecule has 5 rings (SSSR count). The smallest absolute Gasteiger partial charge is 0.262 e. The highest BCUT2D eigenvalue weighted by Crippen LogP contribution is 2.41. The Morgan fingerprint density at radius 3 is 2.49 bits per heavy atom. The van der Waals surface area contributed by atoms with Gasteiger partial charge in [-0.05, 0) is 93.6 Å². The van der Waals surface area contributed by atoms with Gasteiger partial charge in [-0.25, -0.2) is 0 Å². The van der Waals surface area contributed by atoms with Crippen LogP contribution in [-0.2, 0) is 0 Å². The fourth-order valence-corrected chi connectivity index (χ4v) is 5.85. The molecule has 3 aromatic rings. The Balaban J connectivity index is 1.28. The number of ether oxygens (including phenoxy) is 1. The summed E-state index contributed by atoms with van der Waals surface area (Å²) in [6, 6.07) is 15.6. The van der Waals surface area contributed by atoms with Gasteiger partial charge in [0.25, 0.3) is 5.56 Å². The number of benzene rings is 2. The zero-order valence-corrected chi connectivity index (χ0v) is 22.2. The number of fused-ring (bicyclic) bond motifs is 1. The SMILES string of the molecule is CC[C@H](O)COc1ccc2c(=O)n(-c3ccc(N4CC[C@]5(CCN(CC(C)(C)O)C5)C4)cc3)ccc2c1. The molecule has 7 heteroatoms. The van der Waals surface area contributed by atoms with Crippen molar-refractivity contribution in [2.75, 3.05) is 44.2 Å². The van der Waals surface area contributed by atoms with Crippen LogP contribution in [0.25, 0.3) is 16.5 Å². The lowest BCUT2D eigenvalue weighted by Gasteiger charge is -2.28. The zero-order chi connectivity index (χ0) is 26.2. The van der Waals surface area contributed by atoms with Crippen LogP contribution in [0.1, 0.15) is 40.0 Å². The lowest BCUT2D eigenvalue weighted by atomic mass is 9.86. The second kappa shape index (κ2) is 10.1. The second-order valence-corrected chi connectivity index (χ2v) is 11.6. The van der Waals surface area contributed by atoms with Crippen LogP contribution in [0.5, 0.6) is 5.75 Å². The number of β-amino-alcohol motifs (C(OH)–C–C–N with tert-alkyl or cyclic N) is 1. The third kappa shape index (κ3) is 5.69. The van der Waals surface area contributed by atoms with Crippen LogP contribution in [0.15, 0.2) is 59.5 Å². The van der Waals surface area contributed by atoms with Gasteiger partial charge in [-0.15, -0.1) is 0 Å². The molecular formula is C30H39N3O4. The summed E-state index contributed by atoms with van der Waals surface area (Å²) in [5, 5.41) is 21.4. The topological polar surface area (TPSA) is 78.2 Å². The van der Waals surface area contributed by atoms with Gasteiger partial charge in [-0.1, -0.05) is 6.92 Å². The van der Waals surface area contributed by atoms with Crippen molar-refractivity contribution in [1.29, 1.82) is 0 Å². The molecule has 7 nitrogen and oxygen atoms in total. The standard InChI is InChI=1S/C30H39N3O4/c1-4-25(34)18-37-26-9-10-27-22(17-26)11-14-33(28(27)35)24-7-5-23(6-8-24)32-16-13-30(21-32)12-15-31(20-30)19-29(2,3)36/h5-11,14,17,25,34,36H,4,12-13,15-16,18-21H2,1-3H3/t25-,30-/m0/s1. The Morgan fingerprint density at radius 1 is 1.03 bits per heavy atom. The minimum atomic E-state index is -0.658. The van der Waals surface area contributed by atoms with E-state index in [1.165, 1.54) is 18.5 Å². The summed E-state index contributed by atoms with van der Waals surface area (Å²) in [6.07, 6.45) is 4.30. The number of hydrogen-bond donors (Lipinski definition) is 2. The minimum Gasteiger partial charge on any atom is -0.491 e. The van der Waals surface area contributed by atoms with Gasteiger partial charge in [-0.2, -0.15) is 0 Å². The average molecular weight is 506 g/mol. The first-order valence-electron chi connectivity index (χ1n) is 13.4. The van der Waals surface area contributed by atoms with Crippen molar-refractivity contribution in [3.8, 4) is 11.4 Å². The molecule has 0 bridgehead atoms. The summed E-state index contributed by atoms with van der Waals surface area (Å²) in [4.78, 5) is 18.1. The summed E-state index contributed by atoms with van der Waals surface area (Å²) in [5.41, 5.74) is 1.61. The van der Waals surface area contributed by atoms with E-state index in [1.54, 1.807) is 16.7 Å². The molecule has 0 amide bonds. The summed E-state index contributed by atoms with van der Waals surface area (Å²) in [7, 11) is 0. The van der Waals surface area contributed by atoms with Crippen LogP contribution in [-0.4, -0.2) is 70.7 Å². The highest BCUT2D eigenvalue weighted by molar-refractivity contribution is 5.83. The van der Waals surface area contributed by atoms with Crippen molar-refractivity contribution in [2.45, 2.75) is 51.7 Å². The molecule has 2 aliphatic rings. The van der Waals surface area contributed by atoms with E-state index in [2.05, 4.69) is 21.9 Å². The summed E-state index contributed by atoms with van der Waals surface area (Å²) in [6.45, 7) is 10.8. The van der Waals surface area contributed by atoms with E-state index in [9.17, 15) is 15.0 Å². The number of aliphatic hydroxyl groups excluding tert-OH is 1. The average Bonchev–Trinajstić information content (AvgIpc) is 3.47. The minimum absolute atomic E-state index is 0.0663. The Labute approximate surface area is 218 Å². The van der Waals surface area contributed by atoms with Crippen LogP contribution in [0.2, 0.25) is 0 Å². The van der Waals surface area contributed by atoms with E-state index in [4.69, 9.17) is 4.74 Å². The number of rotatable bonds is 8. The molecular weight excluding hydrogens is 466 g/mol. The Hall–Kier alpha value is -2.87. The van der Waals surface area contributed by atoms with Crippen molar-refractivity contribution < 1.29 is 14.9 Å². The third-order valence-electron chi connectivity index (χ3n) is 7.85. The molecule has 37 heavy (non-hydrogen) atoms. The molecule has 1 spiro atoms. The lowest BCUT2D eigenvalue weighted by molar-refractivity contribution is 0.0408. The van der Waals surface area contributed by atoms with Gasteiger partial charge in [0, 0.05) is 54.6 Å². The first-order chi connectivity index (χ1) is 17.6. The Kier molecular flexibility index (Phi) is 7.05. The Bertz CT molecular complexity index is 1300. The fraction of sp³-hybridized carbons (Fsp3) is 0.500. The highest BCUT2D eigenvalue weighted by Gasteiger charge is 2.44. The van der Waals surface area contributed by atoms with Crippen LogP contribution < -0.4 is 15.2 Å². The normalized spacial score (nSPS) is 21.3. The predicted octanol–water partition coefficient (Wildman–Crippen LogP) is 3.81. The lowest BCUT2D eigenvalue weighted by Crippen LogP contribution is -2.39. The molecule has 2 saturated heterocycles. The fourth-order valence-electron chi connectivity index (χ4n) is 5.85. The van der Waals surface area contributed by atoms with E-state index < -0.39 is 11.7 Å². The molecule has 0 radical (unpaired) electrons. The third-order valence-corrected chi connectivity index (χ3v) is 7.85. The summed E-state index contributed by atoms with van der Waals surface area (Å²) < 4.78 is 7.35. The first-order valence-corrected chi connectivity index (χ1v) is 13.4. The first kappa shape index (κ1) is 25.8. The highest BCUT2D eigenvalue weighted by atomic mass is 16.5. The van der Waals surface area contributed by atoms with Gasteiger partial charge in [-0.3, -0.25) is 14.3 Å². The molecule has 198 valence electrons. The molecule has 2 aliphatic heterocycles. The zero-order valence-electron chi connectivity index (χ0n) is 22.2. The van der Waals surface area contributed by atoms with Gasteiger partial charge in [0.1, 0.15) is 12.4 Å². The van der Waals surface area contributed by atoms with E-state index in [-0.39, 0.29) is 12.2 Å².